The predicted molar refractivity (Wildman–Crippen MR) is 95.1 cm³/mol. The van der Waals surface area contributed by atoms with E-state index >= 15 is 0 Å². The SMILES string of the molecule is CC[C@@H](C)NC(=O)c1cc(-c2cccs2)n([C@H]2CCS(=O)(=O)C2)n1. The van der Waals surface area contributed by atoms with Crippen LogP contribution < -0.4 is 5.32 Å². The minimum absolute atomic E-state index is 0.0692. The van der Waals surface area contributed by atoms with E-state index in [4.69, 9.17) is 0 Å². The highest BCUT2D eigenvalue weighted by molar-refractivity contribution is 7.91. The first kappa shape index (κ1) is 17.2. The minimum atomic E-state index is -3.02. The van der Waals surface area contributed by atoms with Crippen LogP contribution in [0.1, 0.15) is 43.2 Å². The first-order valence-corrected chi connectivity index (χ1v) is 10.7. The molecule has 0 spiro atoms. The fourth-order valence-corrected chi connectivity index (χ4v) is 5.19. The van der Waals surface area contributed by atoms with E-state index in [1.165, 1.54) is 0 Å². The summed E-state index contributed by atoms with van der Waals surface area (Å²) >= 11 is 1.55. The molecule has 1 amide bonds. The van der Waals surface area contributed by atoms with Gasteiger partial charge in [0.1, 0.15) is 0 Å². The van der Waals surface area contributed by atoms with Gasteiger partial charge in [0, 0.05) is 6.04 Å². The maximum atomic E-state index is 12.4. The molecule has 0 saturated carbocycles. The summed E-state index contributed by atoms with van der Waals surface area (Å²) in [6.07, 6.45) is 1.37. The van der Waals surface area contributed by atoms with Crippen molar-refractivity contribution in [2.75, 3.05) is 11.5 Å². The topological polar surface area (TPSA) is 81.1 Å². The molecule has 3 heterocycles. The highest BCUT2D eigenvalue weighted by Gasteiger charge is 2.32. The molecule has 2 atom stereocenters. The molecule has 0 radical (unpaired) electrons. The molecular weight excluding hydrogens is 346 g/mol. The third-order valence-electron chi connectivity index (χ3n) is 4.29. The lowest BCUT2D eigenvalue weighted by molar-refractivity contribution is 0.0933. The molecule has 6 nitrogen and oxygen atoms in total. The van der Waals surface area contributed by atoms with Crippen molar-refractivity contribution in [1.29, 1.82) is 0 Å². The van der Waals surface area contributed by atoms with Crippen molar-refractivity contribution >= 4 is 27.1 Å². The number of carbonyl (C=O) groups is 1. The Morgan fingerprint density at radius 3 is 2.92 bits per heavy atom. The third-order valence-corrected chi connectivity index (χ3v) is 6.93. The summed E-state index contributed by atoms with van der Waals surface area (Å²) < 4.78 is 25.4. The van der Waals surface area contributed by atoms with Crippen molar-refractivity contribution in [1.82, 2.24) is 15.1 Å². The number of amides is 1. The monoisotopic (exact) mass is 367 g/mol. The molecule has 0 unspecified atom stereocenters. The molecule has 2 aromatic heterocycles. The predicted octanol–water partition coefficient (Wildman–Crippen LogP) is 2.50. The average Bonchev–Trinajstić information content (AvgIpc) is 3.24. The van der Waals surface area contributed by atoms with E-state index in [0.717, 1.165) is 17.0 Å². The number of hydrogen-bond acceptors (Lipinski definition) is 5. The second kappa shape index (κ2) is 6.68. The lowest BCUT2D eigenvalue weighted by Gasteiger charge is -2.12. The van der Waals surface area contributed by atoms with Gasteiger partial charge in [-0.1, -0.05) is 13.0 Å². The van der Waals surface area contributed by atoms with Gasteiger partial charge in [0.15, 0.2) is 15.5 Å². The van der Waals surface area contributed by atoms with Crippen LogP contribution in [0.2, 0.25) is 0 Å². The van der Waals surface area contributed by atoms with E-state index in [1.54, 1.807) is 22.1 Å². The van der Waals surface area contributed by atoms with Gasteiger partial charge in [-0.25, -0.2) is 8.42 Å². The molecule has 1 saturated heterocycles. The van der Waals surface area contributed by atoms with Crippen molar-refractivity contribution < 1.29 is 13.2 Å². The number of rotatable bonds is 5. The molecule has 130 valence electrons. The molecule has 1 fully saturated rings. The molecule has 1 N–H and O–H groups in total. The smallest absolute Gasteiger partial charge is 0.272 e. The Morgan fingerprint density at radius 2 is 2.33 bits per heavy atom. The van der Waals surface area contributed by atoms with Crippen molar-refractivity contribution in [2.24, 2.45) is 0 Å². The van der Waals surface area contributed by atoms with Crippen LogP contribution in [0.3, 0.4) is 0 Å². The highest BCUT2D eigenvalue weighted by atomic mass is 32.2. The number of nitrogens with zero attached hydrogens (tertiary/aromatic N) is 2. The van der Waals surface area contributed by atoms with Gasteiger partial charge in [0.05, 0.1) is 28.1 Å². The number of nitrogens with one attached hydrogen (secondary N) is 1. The van der Waals surface area contributed by atoms with Gasteiger partial charge in [-0.05, 0) is 37.3 Å². The summed E-state index contributed by atoms with van der Waals surface area (Å²) in [4.78, 5) is 13.4. The zero-order valence-electron chi connectivity index (χ0n) is 13.7. The quantitative estimate of drug-likeness (QED) is 0.880. The molecule has 0 bridgehead atoms. The van der Waals surface area contributed by atoms with E-state index < -0.39 is 9.84 Å². The van der Waals surface area contributed by atoms with Gasteiger partial charge in [-0.3, -0.25) is 9.48 Å². The van der Waals surface area contributed by atoms with E-state index in [9.17, 15) is 13.2 Å². The van der Waals surface area contributed by atoms with Gasteiger partial charge in [-0.2, -0.15) is 5.10 Å². The Kier molecular flexibility index (Phi) is 4.78. The van der Waals surface area contributed by atoms with Crippen LogP contribution in [0.5, 0.6) is 0 Å². The zero-order chi connectivity index (χ0) is 17.3. The van der Waals surface area contributed by atoms with E-state index in [-0.39, 0.29) is 29.5 Å². The number of hydrogen-bond donors (Lipinski definition) is 1. The van der Waals surface area contributed by atoms with Crippen LogP contribution in [-0.2, 0) is 9.84 Å². The number of thiophene rings is 1. The van der Waals surface area contributed by atoms with Crippen molar-refractivity contribution in [3.8, 4) is 10.6 Å². The fourth-order valence-electron chi connectivity index (χ4n) is 2.76. The Balaban J connectivity index is 1.96. The Bertz CT molecular complexity index is 825. The normalized spacial score (nSPS) is 20.8. The van der Waals surface area contributed by atoms with Crippen LogP contribution in [0.4, 0.5) is 0 Å². The van der Waals surface area contributed by atoms with Crippen LogP contribution in [-0.4, -0.2) is 41.7 Å². The Hall–Kier alpha value is -1.67. The lowest BCUT2D eigenvalue weighted by atomic mass is 10.2. The second-order valence-corrected chi connectivity index (χ2v) is 9.35. The molecule has 8 heteroatoms. The summed E-state index contributed by atoms with van der Waals surface area (Å²) in [5, 5.41) is 9.31. The van der Waals surface area contributed by atoms with Gasteiger partial charge in [0.25, 0.3) is 5.91 Å². The van der Waals surface area contributed by atoms with Crippen LogP contribution >= 0.6 is 11.3 Å². The molecular formula is C16H21N3O3S2. The first-order valence-electron chi connectivity index (χ1n) is 8.04. The van der Waals surface area contributed by atoms with Crippen molar-refractivity contribution in [3.63, 3.8) is 0 Å². The van der Waals surface area contributed by atoms with Gasteiger partial charge < -0.3 is 5.32 Å². The van der Waals surface area contributed by atoms with Crippen LogP contribution in [0.25, 0.3) is 10.6 Å². The van der Waals surface area contributed by atoms with Gasteiger partial charge in [0.2, 0.25) is 0 Å². The Labute approximate surface area is 145 Å². The zero-order valence-corrected chi connectivity index (χ0v) is 15.4. The maximum Gasteiger partial charge on any atom is 0.272 e. The first-order chi connectivity index (χ1) is 11.4. The summed E-state index contributed by atoms with van der Waals surface area (Å²) in [5.74, 6) is 0.0386. The summed E-state index contributed by atoms with van der Waals surface area (Å²) in [5.41, 5.74) is 1.14. The molecule has 0 aromatic carbocycles. The number of carbonyl (C=O) groups excluding carboxylic acids is 1. The molecule has 2 aromatic rings. The molecule has 3 rings (SSSR count). The van der Waals surface area contributed by atoms with E-state index in [1.807, 2.05) is 31.4 Å². The van der Waals surface area contributed by atoms with Crippen LogP contribution in [0, 0.1) is 0 Å². The lowest BCUT2D eigenvalue weighted by Crippen LogP contribution is -2.32. The highest BCUT2D eigenvalue weighted by Crippen LogP contribution is 2.32. The molecule has 24 heavy (non-hydrogen) atoms. The van der Waals surface area contributed by atoms with E-state index in [2.05, 4.69) is 10.4 Å². The number of aromatic nitrogens is 2. The molecule has 0 aliphatic carbocycles. The Morgan fingerprint density at radius 1 is 1.54 bits per heavy atom. The van der Waals surface area contributed by atoms with Crippen molar-refractivity contribution in [2.45, 2.75) is 38.8 Å². The molecule has 1 aliphatic heterocycles. The second-order valence-electron chi connectivity index (χ2n) is 6.18. The maximum absolute atomic E-state index is 12.4. The minimum Gasteiger partial charge on any atom is -0.348 e. The third kappa shape index (κ3) is 3.54. The van der Waals surface area contributed by atoms with Crippen LogP contribution in [0.15, 0.2) is 23.6 Å². The van der Waals surface area contributed by atoms with Gasteiger partial charge >= 0.3 is 0 Å². The number of sulfone groups is 1. The standard InChI is InChI=1S/C16H21N3O3S2/c1-3-11(2)17-16(20)13-9-14(15-5-4-7-23-15)19(18-13)12-6-8-24(21,22)10-12/h4-5,7,9,11-12H,3,6,8,10H2,1-2H3,(H,17,20)/t11-,12+/m1/s1. The fraction of sp³-hybridized carbons (Fsp3) is 0.500. The van der Waals surface area contributed by atoms with E-state index in [0.29, 0.717) is 12.1 Å². The largest absolute Gasteiger partial charge is 0.348 e. The summed E-state index contributed by atoms with van der Waals surface area (Å²) in [6.45, 7) is 3.95. The molecule has 1 aliphatic rings. The summed E-state index contributed by atoms with van der Waals surface area (Å²) in [6, 6.07) is 5.51. The van der Waals surface area contributed by atoms with Gasteiger partial charge in [-0.15, -0.1) is 11.3 Å². The average molecular weight is 367 g/mol. The summed E-state index contributed by atoms with van der Waals surface area (Å²) in [7, 11) is -3.02. The van der Waals surface area contributed by atoms with Crippen molar-refractivity contribution in [3.05, 3.63) is 29.3 Å².